The highest BCUT2D eigenvalue weighted by Crippen LogP contribution is 2.14. The van der Waals surface area contributed by atoms with Crippen molar-refractivity contribution in [1.29, 1.82) is 0 Å². The molecule has 0 aliphatic carbocycles. The minimum absolute atomic E-state index is 0.323. The molecule has 0 aliphatic heterocycles. The van der Waals surface area contributed by atoms with Gasteiger partial charge in [0.1, 0.15) is 5.65 Å². The number of carbonyl (C=O) groups excluding carboxylic acids is 1. The van der Waals surface area contributed by atoms with Crippen molar-refractivity contribution in [2.45, 2.75) is 13.0 Å². The van der Waals surface area contributed by atoms with E-state index in [1.807, 2.05) is 48.7 Å². The van der Waals surface area contributed by atoms with Gasteiger partial charge in [-0.25, -0.2) is 18.6 Å². The van der Waals surface area contributed by atoms with Gasteiger partial charge in [0.05, 0.1) is 0 Å². The fourth-order valence-corrected chi connectivity index (χ4v) is 3.23. The quantitative estimate of drug-likeness (QED) is 0.343. The average molecular weight is 395 g/mol. The summed E-state index contributed by atoms with van der Waals surface area (Å²) >= 11 is -1.37. The third-order valence-electron chi connectivity index (χ3n) is 3.91. The molecule has 1 aromatic carbocycles. The van der Waals surface area contributed by atoms with Gasteiger partial charge in [0.2, 0.25) is 0 Å². The zero-order valence-corrected chi connectivity index (χ0v) is 16.0. The molecule has 1 unspecified atom stereocenters. The van der Waals surface area contributed by atoms with Gasteiger partial charge in [-0.1, -0.05) is 24.1 Å². The molecular weight excluding hydrogens is 374 g/mol. The first-order valence-corrected chi connectivity index (χ1v) is 10.0. The van der Waals surface area contributed by atoms with Gasteiger partial charge in [0.15, 0.2) is 11.2 Å². The number of rotatable bonds is 8. The second-order valence-corrected chi connectivity index (χ2v) is 7.03. The second kappa shape index (κ2) is 10.4. The van der Waals surface area contributed by atoms with Crippen LogP contribution in [0.3, 0.4) is 0 Å². The van der Waals surface area contributed by atoms with E-state index in [2.05, 4.69) is 36.6 Å². The fraction of sp³-hybridized carbons (Fsp3) is 0.200. The molecule has 3 aromatic rings. The van der Waals surface area contributed by atoms with Gasteiger partial charge < -0.3 is 10.3 Å². The van der Waals surface area contributed by atoms with E-state index in [-0.39, 0.29) is 5.91 Å². The Hall–Kier alpha value is -2.99. The van der Waals surface area contributed by atoms with Gasteiger partial charge in [-0.05, 0) is 36.2 Å². The number of benzene rings is 1. The van der Waals surface area contributed by atoms with Gasteiger partial charge in [0.25, 0.3) is 5.91 Å². The van der Waals surface area contributed by atoms with Crippen molar-refractivity contribution in [3.63, 3.8) is 0 Å². The van der Waals surface area contributed by atoms with E-state index < -0.39 is 11.2 Å². The van der Waals surface area contributed by atoms with E-state index in [0.29, 0.717) is 26.1 Å². The molecule has 4 N–H and O–H groups in total. The van der Waals surface area contributed by atoms with Gasteiger partial charge in [0, 0.05) is 48.9 Å². The zero-order chi connectivity index (χ0) is 19.6. The monoisotopic (exact) mass is 395 g/mol. The maximum atomic E-state index is 12.0. The van der Waals surface area contributed by atoms with Crippen LogP contribution in [0.1, 0.15) is 17.5 Å². The number of hydrogen-bond acceptors (Lipinski definition) is 3. The third kappa shape index (κ3) is 6.03. The Labute approximate surface area is 166 Å². The molecule has 1 atom stereocenters. The predicted octanol–water partition coefficient (Wildman–Crippen LogP) is 1.38. The predicted molar refractivity (Wildman–Crippen MR) is 110 cm³/mol. The van der Waals surface area contributed by atoms with Crippen LogP contribution >= 0.6 is 0 Å². The molecule has 0 aliphatic rings. The van der Waals surface area contributed by atoms with Crippen LogP contribution in [0.25, 0.3) is 11.0 Å². The van der Waals surface area contributed by atoms with Crippen molar-refractivity contribution in [1.82, 2.24) is 24.7 Å². The second-order valence-electron chi connectivity index (χ2n) is 5.92. The van der Waals surface area contributed by atoms with Crippen LogP contribution in [0.15, 0.2) is 54.9 Å². The molecular formula is C20H21N5O2S. The largest absolute Gasteiger partial charge is 0.346 e. The first-order valence-electron chi connectivity index (χ1n) is 8.87. The van der Waals surface area contributed by atoms with Crippen LogP contribution in [0, 0.1) is 11.8 Å². The number of aromatic nitrogens is 2. The van der Waals surface area contributed by atoms with E-state index in [0.717, 1.165) is 22.2 Å². The van der Waals surface area contributed by atoms with E-state index >= 15 is 0 Å². The molecule has 3 rings (SSSR count). The minimum Gasteiger partial charge on any atom is -0.346 e. The number of H-pyrrole nitrogens is 1. The molecule has 1 amide bonds. The molecule has 0 bridgehead atoms. The Bertz CT molecular complexity index is 1010. The molecule has 0 spiro atoms. The number of fused-ring (bicyclic) bond motifs is 1. The molecule has 28 heavy (non-hydrogen) atoms. The summed E-state index contributed by atoms with van der Waals surface area (Å²) < 4.78 is 17.8. The standard InChI is InChI=1S/C20H21N5O2S/c26-19(8-7-16-5-2-1-3-6-16)21-11-4-12-24-28(27)25-15-17-9-13-22-20-18(17)10-14-23-20/h1-3,5-6,9-10,13-14,24-25H,4,11-12,15H2,(H,21,26)(H,22,23). The first-order chi connectivity index (χ1) is 13.7. The van der Waals surface area contributed by atoms with Crippen LogP contribution in [0.4, 0.5) is 0 Å². The first kappa shape index (κ1) is 19.8. The molecule has 0 saturated carbocycles. The van der Waals surface area contributed by atoms with E-state index in [4.69, 9.17) is 0 Å². The molecule has 8 heteroatoms. The Morgan fingerprint density at radius 2 is 1.96 bits per heavy atom. The highest BCUT2D eigenvalue weighted by Gasteiger charge is 2.04. The third-order valence-corrected chi connectivity index (χ3v) is 4.78. The summed E-state index contributed by atoms with van der Waals surface area (Å²) in [6.07, 6.45) is 4.19. The maximum Gasteiger partial charge on any atom is 0.296 e. The topological polar surface area (TPSA) is 98.9 Å². The lowest BCUT2D eigenvalue weighted by molar-refractivity contribution is -0.115. The lowest BCUT2D eigenvalue weighted by Gasteiger charge is -2.07. The lowest BCUT2D eigenvalue weighted by Crippen LogP contribution is -2.32. The Kier molecular flexibility index (Phi) is 7.32. The lowest BCUT2D eigenvalue weighted by atomic mass is 10.2. The van der Waals surface area contributed by atoms with E-state index in [1.54, 1.807) is 6.20 Å². The van der Waals surface area contributed by atoms with Gasteiger partial charge in [-0.2, -0.15) is 0 Å². The molecule has 0 saturated heterocycles. The van der Waals surface area contributed by atoms with Crippen molar-refractivity contribution >= 4 is 28.1 Å². The number of pyridine rings is 1. The van der Waals surface area contributed by atoms with Gasteiger partial charge in [-0.15, -0.1) is 0 Å². The average Bonchev–Trinajstić information content (AvgIpc) is 3.20. The number of hydrogen-bond donors (Lipinski definition) is 4. The van der Waals surface area contributed by atoms with Crippen molar-refractivity contribution in [2.75, 3.05) is 13.1 Å². The molecule has 144 valence electrons. The zero-order valence-electron chi connectivity index (χ0n) is 15.2. The maximum absolute atomic E-state index is 12.0. The molecule has 2 aromatic heterocycles. The minimum atomic E-state index is -1.37. The van der Waals surface area contributed by atoms with Crippen molar-refractivity contribution in [3.05, 3.63) is 66.0 Å². The Morgan fingerprint density at radius 3 is 2.82 bits per heavy atom. The number of nitrogens with one attached hydrogen (secondary N) is 4. The SMILES string of the molecule is O=C(C#Cc1ccccc1)NCCCNS(=O)NCc1ccnc2[nH]ccc12. The van der Waals surface area contributed by atoms with Crippen LogP contribution in [0.5, 0.6) is 0 Å². The number of nitrogens with zero attached hydrogens (tertiary/aromatic N) is 1. The molecule has 2 heterocycles. The van der Waals surface area contributed by atoms with Crippen LogP contribution < -0.4 is 14.8 Å². The molecule has 0 fully saturated rings. The summed E-state index contributed by atoms with van der Waals surface area (Å²) in [4.78, 5) is 18.9. The van der Waals surface area contributed by atoms with Gasteiger partial charge >= 0.3 is 0 Å². The normalized spacial score (nSPS) is 11.6. The van der Waals surface area contributed by atoms with Gasteiger partial charge in [-0.3, -0.25) is 4.79 Å². The van der Waals surface area contributed by atoms with Crippen molar-refractivity contribution in [3.8, 4) is 11.8 Å². The number of amides is 1. The summed E-state index contributed by atoms with van der Waals surface area (Å²) in [7, 11) is 0. The van der Waals surface area contributed by atoms with Crippen LogP contribution in [-0.2, 0) is 22.5 Å². The number of aromatic amines is 1. The van der Waals surface area contributed by atoms with Crippen molar-refractivity contribution < 1.29 is 9.00 Å². The summed E-state index contributed by atoms with van der Waals surface area (Å²) in [6.45, 7) is 1.42. The smallest absolute Gasteiger partial charge is 0.296 e. The summed E-state index contributed by atoms with van der Waals surface area (Å²) in [5.74, 6) is 5.03. The highest BCUT2D eigenvalue weighted by atomic mass is 32.2. The fourth-order valence-electron chi connectivity index (χ4n) is 2.52. The number of carbonyl (C=O) groups is 1. The van der Waals surface area contributed by atoms with E-state index in [9.17, 15) is 9.00 Å². The summed E-state index contributed by atoms with van der Waals surface area (Å²) in [5.41, 5.74) is 2.63. The Balaban J connectivity index is 1.31. The van der Waals surface area contributed by atoms with Crippen molar-refractivity contribution in [2.24, 2.45) is 0 Å². The Morgan fingerprint density at radius 1 is 1.11 bits per heavy atom. The highest BCUT2D eigenvalue weighted by molar-refractivity contribution is 7.80. The van der Waals surface area contributed by atoms with Crippen LogP contribution in [-0.4, -0.2) is 33.2 Å². The van der Waals surface area contributed by atoms with Crippen LogP contribution in [0.2, 0.25) is 0 Å². The van der Waals surface area contributed by atoms with E-state index in [1.165, 1.54) is 0 Å². The summed E-state index contributed by atoms with van der Waals surface area (Å²) in [5, 5.41) is 3.73. The molecule has 0 radical (unpaired) electrons. The molecule has 7 nitrogen and oxygen atoms in total. The summed E-state index contributed by atoms with van der Waals surface area (Å²) in [6, 6.07) is 13.2.